The summed E-state index contributed by atoms with van der Waals surface area (Å²) < 4.78 is 24.1. The van der Waals surface area contributed by atoms with Crippen molar-refractivity contribution in [2.45, 2.75) is 12.5 Å². The molecule has 0 spiro atoms. The second-order valence-corrected chi connectivity index (χ2v) is 6.72. The van der Waals surface area contributed by atoms with Gasteiger partial charge in [0.15, 0.2) is 6.61 Å². The molecule has 3 aromatic rings. The average molecular weight is 370 g/mol. The van der Waals surface area contributed by atoms with Crippen molar-refractivity contribution in [3.8, 4) is 5.75 Å². The van der Waals surface area contributed by atoms with Gasteiger partial charge in [0, 0.05) is 17.4 Å². The van der Waals surface area contributed by atoms with Crippen molar-refractivity contribution in [3.63, 3.8) is 0 Å². The van der Waals surface area contributed by atoms with Gasteiger partial charge in [0.1, 0.15) is 23.0 Å². The molecule has 0 bridgehead atoms. The molecule has 1 aliphatic heterocycles. The summed E-state index contributed by atoms with van der Waals surface area (Å²) in [6, 6.07) is 13.0. The Morgan fingerprint density at radius 1 is 1.31 bits per heavy atom. The van der Waals surface area contributed by atoms with Gasteiger partial charge in [0.05, 0.1) is 12.3 Å². The number of amides is 1. The highest BCUT2D eigenvalue weighted by Gasteiger charge is 2.34. The van der Waals surface area contributed by atoms with E-state index >= 15 is 0 Å². The van der Waals surface area contributed by atoms with Crippen LogP contribution in [0.15, 0.2) is 69.7 Å². The topological polar surface area (TPSA) is 55.0 Å². The van der Waals surface area contributed by atoms with Gasteiger partial charge in [-0.15, -0.1) is 11.3 Å². The number of rotatable bonds is 5. The molecule has 2 aromatic heterocycles. The second-order valence-electron chi connectivity index (χ2n) is 5.74. The van der Waals surface area contributed by atoms with E-state index in [1.165, 1.54) is 23.2 Å². The summed E-state index contributed by atoms with van der Waals surface area (Å²) in [4.78, 5) is 13.7. The number of nitrogens with zero attached hydrogens (tertiary/aromatic N) is 2. The molecule has 1 aliphatic rings. The molecule has 0 saturated carbocycles. The van der Waals surface area contributed by atoms with E-state index in [0.717, 1.165) is 4.88 Å². The zero-order valence-corrected chi connectivity index (χ0v) is 14.5. The van der Waals surface area contributed by atoms with E-state index < -0.39 is 5.82 Å². The maximum Gasteiger partial charge on any atom is 0.281 e. The third-order valence-electron chi connectivity index (χ3n) is 4.00. The first-order chi connectivity index (χ1) is 12.7. The fourth-order valence-electron chi connectivity index (χ4n) is 2.80. The summed E-state index contributed by atoms with van der Waals surface area (Å²) in [5.74, 6) is 0.244. The first kappa shape index (κ1) is 16.5. The molecule has 0 radical (unpaired) electrons. The molecule has 7 heteroatoms. The van der Waals surface area contributed by atoms with E-state index in [9.17, 15) is 9.18 Å². The zero-order valence-electron chi connectivity index (χ0n) is 13.7. The Morgan fingerprint density at radius 3 is 2.96 bits per heavy atom. The van der Waals surface area contributed by atoms with Crippen LogP contribution < -0.4 is 4.74 Å². The lowest BCUT2D eigenvalue weighted by Crippen LogP contribution is -2.31. The fraction of sp³-hybridized carbons (Fsp3) is 0.158. The molecule has 0 saturated heterocycles. The summed E-state index contributed by atoms with van der Waals surface area (Å²) in [7, 11) is 0. The molecule has 1 unspecified atom stereocenters. The Balaban J connectivity index is 1.53. The third kappa shape index (κ3) is 3.39. The minimum Gasteiger partial charge on any atom is -0.484 e. The van der Waals surface area contributed by atoms with Crippen LogP contribution in [0.5, 0.6) is 5.75 Å². The molecule has 4 rings (SSSR count). The molecule has 5 nitrogen and oxygen atoms in total. The van der Waals surface area contributed by atoms with Gasteiger partial charge in [-0.2, -0.15) is 5.10 Å². The van der Waals surface area contributed by atoms with Crippen LogP contribution in [0, 0.1) is 5.82 Å². The molecular formula is C19H15FN2O3S. The van der Waals surface area contributed by atoms with Crippen LogP contribution in [-0.4, -0.2) is 23.2 Å². The quantitative estimate of drug-likeness (QED) is 0.675. The van der Waals surface area contributed by atoms with Crippen LogP contribution in [0.2, 0.25) is 0 Å². The van der Waals surface area contributed by atoms with Gasteiger partial charge in [-0.25, -0.2) is 9.40 Å². The second kappa shape index (κ2) is 7.13. The molecule has 1 aromatic carbocycles. The van der Waals surface area contributed by atoms with Gasteiger partial charge in [-0.3, -0.25) is 4.79 Å². The number of hydrogen-bond acceptors (Lipinski definition) is 5. The van der Waals surface area contributed by atoms with Crippen LogP contribution in [0.4, 0.5) is 4.39 Å². The average Bonchev–Trinajstić information content (AvgIpc) is 3.40. The highest BCUT2D eigenvalue weighted by Crippen LogP contribution is 2.35. The maximum atomic E-state index is 13.2. The highest BCUT2D eigenvalue weighted by atomic mass is 32.1. The predicted molar refractivity (Wildman–Crippen MR) is 95.7 cm³/mol. The zero-order chi connectivity index (χ0) is 17.9. The number of halogens is 1. The number of carbonyl (C=O) groups excluding carboxylic acids is 1. The highest BCUT2D eigenvalue weighted by molar-refractivity contribution is 7.10. The first-order valence-corrected chi connectivity index (χ1v) is 8.94. The van der Waals surface area contributed by atoms with Gasteiger partial charge >= 0.3 is 0 Å². The first-order valence-electron chi connectivity index (χ1n) is 8.06. The van der Waals surface area contributed by atoms with Crippen LogP contribution >= 0.6 is 11.3 Å². The van der Waals surface area contributed by atoms with Gasteiger partial charge in [-0.05, 0) is 35.7 Å². The third-order valence-corrected chi connectivity index (χ3v) is 4.98. The predicted octanol–water partition coefficient (Wildman–Crippen LogP) is 4.24. The molecule has 0 aliphatic carbocycles. The Bertz CT molecular complexity index is 922. The Kier molecular flexibility index (Phi) is 4.53. The van der Waals surface area contributed by atoms with Gasteiger partial charge < -0.3 is 9.15 Å². The van der Waals surface area contributed by atoms with Gasteiger partial charge in [-0.1, -0.05) is 12.1 Å². The number of benzene rings is 1. The van der Waals surface area contributed by atoms with Crippen molar-refractivity contribution in [2.24, 2.45) is 5.10 Å². The normalized spacial score (nSPS) is 16.6. The van der Waals surface area contributed by atoms with E-state index in [-0.39, 0.29) is 18.6 Å². The maximum absolute atomic E-state index is 13.2. The SMILES string of the molecule is O=C(COc1cccc(F)c1)N1N=C(c2ccco2)CC1c1cccs1. The van der Waals surface area contributed by atoms with Crippen LogP contribution in [0.25, 0.3) is 0 Å². The number of furan rings is 1. The standard InChI is InChI=1S/C19H15FN2O3S/c20-13-4-1-5-14(10-13)25-12-19(23)22-16(18-7-3-9-26-18)11-15(21-22)17-6-2-8-24-17/h1-10,16H,11-12H2. The van der Waals surface area contributed by atoms with Gasteiger partial charge in [0.2, 0.25) is 0 Å². The van der Waals surface area contributed by atoms with Crippen molar-refractivity contribution < 1.29 is 18.3 Å². The Hall–Kier alpha value is -2.93. The Morgan fingerprint density at radius 2 is 2.23 bits per heavy atom. The van der Waals surface area contributed by atoms with Crippen molar-refractivity contribution in [1.82, 2.24) is 5.01 Å². The number of hydrogen-bond donors (Lipinski definition) is 0. The van der Waals surface area contributed by atoms with Gasteiger partial charge in [0.25, 0.3) is 5.91 Å². The number of hydrazone groups is 1. The van der Waals surface area contributed by atoms with Crippen LogP contribution in [-0.2, 0) is 4.79 Å². The molecule has 1 atom stereocenters. The van der Waals surface area contributed by atoms with Crippen molar-refractivity contribution in [1.29, 1.82) is 0 Å². The molecule has 0 N–H and O–H groups in total. The van der Waals surface area contributed by atoms with Crippen LogP contribution in [0.1, 0.15) is 23.1 Å². The number of ether oxygens (including phenoxy) is 1. The Labute approximate surface area is 153 Å². The molecule has 1 amide bonds. The summed E-state index contributed by atoms with van der Waals surface area (Å²) in [5, 5.41) is 7.85. The smallest absolute Gasteiger partial charge is 0.281 e. The lowest BCUT2D eigenvalue weighted by Gasteiger charge is -2.20. The van der Waals surface area contributed by atoms with Crippen molar-refractivity contribution >= 4 is 23.0 Å². The van der Waals surface area contributed by atoms with E-state index in [0.29, 0.717) is 23.6 Å². The monoisotopic (exact) mass is 370 g/mol. The van der Waals surface area contributed by atoms with Crippen molar-refractivity contribution in [2.75, 3.05) is 6.61 Å². The van der Waals surface area contributed by atoms with E-state index in [4.69, 9.17) is 9.15 Å². The van der Waals surface area contributed by atoms with E-state index in [1.807, 2.05) is 23.6 Å². The largest absolute Gasteiger partial charge is 0.484 e. The molecule has 3 heterocycles. The number of thiophene rings is 1. The molecule has 132 valence electrons. The van der Waals surface area contributed by atoms with E-state index in [2.05, 4.69) is 5.10 Å². The molecule has 0 fully saturated rings. The summed E-state index contributed by atoms with van der Waals surface area (Å²) in [6.45, 7) is -0.222. The van der Waals surface area contributed by atoms with E-state index in [1.54, 1.807) is 29.7 Å². The minimum atomic E-state index is -0.411. The lowest BCUT2D eigenvalue weighted by molar-refractivity contribution is -0.135. The molecule has 26 heavy (non-hydrogen) atoms. The van der Waals surface area contributed by atoms with Crippen molar-refractivity contribution in [3.05, 3.63) is 76.6 Å². The summed E-state index contributed by atoms with van der Waals surface area (Å²) in [5.41, 5.74) is 0.715. The summed E-state index contributed by atoms with van der Waals surface area (Å²) >= 11 is 1.57. The van der Waals surface area contributed by atoms with Crippen LogP contribution in [0.3, 0.4) is 0 Å². The summed E-state index contributed by atoms with van der Waals surface area (Å²) in [6.07, 6.45) is 2.15. The minimum absolute atomic E-state index is 0.196. The lowest BCUT2D eigenvalue weighted by atomic mass is 10.1. The number of carbonyl (C=O) groups is 1. The molecular weight excluding hydrogens is 355 g/mol. The fourth-order valence-corrected chi connectivity index (χ4v) is 3.61.